The molecule has 2 aromatic rings. The van der Waals surface area contributed by atoms with Crippen LogP contribution in [0.5, 0.6) is 0 Å². The Bertz CT molecular complexity index is 549. The smallest absolute Gasteiger partial charge is 0.158 e. The van der Waals surface area contributed by atoms with Gasteiger partial charge in [-0.15, -0.1) is 12.4 Å². The summed E-state index contributed by atoms with van der Waals surface area (Å²) >= 11 is 12.2. The highest BCUT2D eigenvalue weighted by Gasteiger charge is 2.15. The number of aromatic nitrogens is 3. The van der Waals surface area contributed by atoms with Crippen molar-refractivity contribution < 1.29 is 0 Å². The van der Waals surface area contributed by atoms with Gasteiger partial charge in [0.15, 0.2) is 5.65 Å². The van der Waals surface area contributed by atoms with Crippen molar-refractivity contribution in [3.05, 3.63) is 27.6 Å². The summed E-state index contributed by atoms with van der Waals surface area (Å²) in [6, 6.07) is 2.11. The summed E-state index contributed by atoms with van der Waals surface area (Å²) in [5.74, 6) is 0. The average molecular weight is 310 g/mol. The Hall–Kier alpha value is -0.550. The first kappa shape index (κ1) is 15.5. The van der Waals surface area contributed by atoms with E-state index in [-0.39, 0.29) is 18.4 Å². The largest absolute Gasteiger partial charge is 0.312 e. The number of nitrogens with zero attached hydrogens (tertiary/aromatic N) is 3. The highest BCUT2D eigenvalue weighted by atomic mass is 35.5. The fourth-order valence-electron chi connectivity index (χ4n) is 1.77. The van der Waals surface area contributed by atoms with Crippen molar-refractivity contribution in [2.75, 3.05) is 7.05 Å². The summed E-state index contributed by atoms with van der Waals surface area (Å²) < 4.78 is 1.62. The molecule has 7 heteroatoms. The van der Waals surface area contributed by atoms with Gasteiger partial charge in [-0.25, -0.2) is 9.50 Å². The highest BCUT2D eigenvalue weighted by Crippen LogP contribution is 2.25. The predicted molar refractivity (Wildman–Crippen MR) is 77.1 cm³/mol. The van der Waals surface area contributed by atoms with Crippen LogP contribution >= 0.6 is 35.6 Å². The summed E-state index contributed by atoms with van der Waals surface area (Å²) in [5.41, 5.74) is 2.34. The Kier molecular flexibility index (Phi) is 5.22. The number of hydrogen-bond acceptors (Lipinski definition) is 3. The van der Waals surface area contributed by atoms with Crippen LogP contribution in [-0.2, 0) is 0 Å². The van der Waals surface area contributed by atoms with E-state index in [0.29, 0.717) is 16.0 Å². The van der Waals surface area contributed by atoms with Gasteiger partial charge in [0.25, 0.3) is 0 Å². The third-order valence-electron chi connectivity index (χ3n) is 2.84. The molecule has 1 unspecified atom stereocenters. The molecule has 0 aliphatic rings. The van der Waals surface area contributed by atoms with Gasteiger partial charge in [0.05, 0.1) is 11.7 Å². The molecule has 0 saturated carbocycles. The van der Waals surface area contributed by atoms with Crippen molar-refractivity contribution >= 4 is 41.3 Å². The molecular formula is C11H15Cl3N4. The standard InChI is InChI=1S/C11H14Cl2N4.ClH/c1-4-7(14-3)8-5-9-15-10(12)6(2)11(13)17(9)16-8;/h5,7,14H,4H2,1-3H3;1H. The third-order valence-corrected chi connectivity index (χ3v) is 3.65. The number of hydrogen-bond donors (Lipinski definition) is 1. The van der Waals surface area contributed by atoms with Gasteiger partial charge in [-0.05, 0) is 20.4 Å². The van der Waals surface area contributed by atoms with Gasteiger partial charge in [-0.1, -0.05) is 30.1 Å². The van der Waals surface area contributed by atoms with Gasteiger partial charge >= 0.3 is 0 Å². The van der Waals surface area contributed by atoms with Crippen LogP contribution < -0.4 is 5.32 Å². The minimum absolute atomic E-state index is 0. The van der Waals surface area contributed by atoms with E-state index in [0.717, 1.165) is 17.7 Å². The minimum Gasteiger partial charge on any atom is -0.312 e. The number of halogens is 3. The molecule has 1 N–H and O–H groups in total. The molecule has 2 aromatic heterocycles. The Balaban J connectivity index is 0.00000162. The maximum Gasteiger partial charge on any atom is 0.158 e. The first-order chi connectivity index (χ1) is 8.08. The van der Waals surface area contributed by atoms with Crippen molar-refractivity contribution in [3.63, 3.8) is 0 Å². The second-order valence-electron chi connectivity index (χ2n) is 3.91. The molecule has 0 aliphatic heterocycles. The molecule has 0 aliphatic carbocycles. The minimum atomic E-state index is 0. The molecule has 0 fully saturated rings. The molecule has 0 bridgehead atoms. The summed E-state index contributed by atoms with van der Waals surface area (Å²) in [6.07, 6.45) is 0.949. The van der Waals surface area contributed by atoms with Gasteiger partial charge in [0.2, 0.25) is 0 Å². The maximum absolute atomic E-state index is 6.19. The van der Waals surface area contributed by atoms with Crippen LogP contribution in [0.15, 0.2) is 6.07 Å². The van der Waals surface area contributed by atoms with Crippen LogP contribution in [-0.4, -0.2) is 21.6 Å². The lowest BCUT2D eigenvalue weighted by molar-refractivity contribution is 0.557. The molecule has 100 valence electrons. The fourth-order valence-corrected chi connectivity index (χ4v) is 2.21. The van der Waals surface area contributed by atoms with Gasteiger partial charge in [0.1, 0.15) is 10.3 Å². The summed E-state index contributed by atoms with van der Waals surface area (Å²) in [6.45, 7) is 3.92. The number of fused-ring (bicyclic) bond motifs is 1. The number of rotatable bonds is 3. The monoisotopic (exact) mass is 308 g/mol. The van der Waals surface area contributed by atoms with Crippen LogP contribution in [0.4, 0.5) is 0 Å². The Labute approximate surface area is 122 Å². The molecule has 4 nitrogen and oxygen atoms in total. The second-order valence-corrected chi connectivity index (χ2v) is 4.62. The van der Waals surface area contributed by atoms with Crippen LogP contribution in [0, 0.1) is 6.92 Å². The second kappa shape index (κ2) is 6.06. The Morgan fingerprint density at radius 2 is 2.11 bits per heavy atom. The summed E-state index contributed by atoms with van der Waals surface area (Å²) in [7, 11) is 1.91. The van der Waals surface area contributed by atoms with Crippen molar-refractivity contribution in [2.24, 2.45) is 0 Å². The molecule has 2 heterocycles. The molecule has 0 amide bonds. The van der Waals surface area contributed by atoms with E-state index in [2.05, 4.69) is 22.3 Å². The first-order valence-corrected chi connectivity index (χ1v) is 6.22. The van der Waals surface area contributed by atoms with Crippen molar-refractivity contribution in [3.8, 4) is 0 Å². The lowest BCUT2D eigenvalue weighted by Crippen LogP contribution is -2.15. The van der Waals surface area contributed by atoms with Crippen LogP contribution in [0.25, 0.3) is 5.65 Å². The molecule has 0 aromatic carbocycles. The van der Waals surface area contributed by atoms with Crippen molar-refractivity contribution in [2.45, 2.75) is 26.3 Å². The molecule has 1 atom stereocenters. The molecule has 0 saturated heterocycles. The lowest BCUT2D eigenvalue weighted by atomic mass is 10.1. The van der Waals surface area contributed by atoms with Crippen LogP contribution in [0.1, 0.15) is 30.6 Å². The quantitative estimate of drug-likeness (QED) is 0.883. The molecule has 18 heavy (non-hydrogen) atoms. The normalized spacial score (nSPS) is 12.5. The molecular weight excluding hydrogens is 295 g/mol. The third kappa shape index (κ3) is 2.57. The Morgan fingerprint density at radius 3 is 2.67 bits per heavy atom. The SMILES string of the molecule is CCC(NC)c1cc2nc(Cl)c(C)c(Cl)n2n1.Cl. The van der Waals surface area contributed by atoms with E-state index in [4.69, 9.17) is 23.2 Å². The topological polar surface area (TPSA) is 42.2 Å². The van der Waals surface area contributed by atoms with E-state index in [1.807, 2.05) is 20.0 Å². The van der Waals surface area contributed by atoms with Crippen LogP contribution in [0.3, 0.4) is 0 Å². The van der Waals surface area contributed by atoms with Gasteiger partial charge in [-0.3, -0.25) is 0 Å². The lowest BCUT2D eigenvalue weighted by Gasteiger charge is -2.09. The van der Waals surface area contributed by atoms with Gasteiger partial charge in [0, 0.05) is 11.6 Å². The molecule has 2 rings (SSSR count). The zero-order chi connectivity index (χ0) is 12.6. The summed E-state index contributed by atoms with van der Waals surface area (Å²) in [5, 5.41) is 8.59. The Morgan fingerprint density at radius 1 is 1.44 bits per heavy atom. The molecule has 0 spiro atoms. The maximum atomic E-state index is 6.19. The fraction of sp³-hybridized carbons (Fsp3) is 0.455. The first-order valence-electron chi connectivity index (χ1n) is 5.47. The highest BCUT2D eigenvalue weighted by molar-refractivity contribution is 6.34. The van der Waals surface area contributed by atoms with E-state index in [1.54, 1.807) is 4.52 Å². The zero-order valence-electron chi connectivity index (χ0n) is 10.4. The molecule has 0 radical (unpaired) electrons. The average Bonchev–Trinajstić information content (AvgIpc) is 2.72. The van der Waals surface area contributed by atoms with E-state index < -0.39 is 0 Å². The number of nitrogens with one attached hydrogen (secondary N) is 1. The van der Waals surface area contributed by atoms with Gasteiger partial charge in [-0.2, -0.15) is 5.10 Å². The van der Waals surface area contributed by atoms with Crippen LogP contribution in [0.2, 0.25) is 10.3 Å². The van der Waals surface area contributed by atoms with E-state index >= 15 is 0 Å². The zero-order valence-corrected chi connectivity index (χ0v) is 12.7. The van der Waals surface area contributed by atoms with E-state index in [9.17, 15) is 0 Å². The summed E-state index contributed by atoms with van der Waals surface area (Å²) in [4.78, 5) is 4.26. The van der Waals surface area contributed by atoms with Crippen molar-refractivity contribution in [1.82, 2.24) is 19.9 Å². The van der Waals surface area contributed by atoms with E-state index in [1.165, 1.54) is 0 Å². The predicted octanol–water partition coefficient (Wildman–Crippen LogP) is 3.44. The van der Waals surface area contributed by atoms with Gasteiger partial charge < -0.3 is 5.32 Å². The van der Waals surface area contributed by atoms with Crippen molar-refractivity contribution in [1.29, 1.82) is 0 Å².